The second kappa shape index (κ2) is 3.26. The van der Waals surface area contributed by atoms with E-state index in [1.807, 2.05) is 6.92 Å². The van der Waals surface area contributed by atoms with Crippen molar-refractivity contribution in [3.8, 4) is 0 Å². The summed E-state index contributed by atoms with van der Waals surface area (Å²) in [7, 11) is 0. The first-order valence-electron chi connectivity index (χ1n) is 5.51. The van der Waals surface area contributed by atoms with Crippen molar-refractivity contribution in [2.45, 2.75) is 32.1 Å². The molecule has 88 valence electrons. The van der Waals surface area contributed by atoms with Crippen molar-refractivity contribution >= 4 is 27.7 Å². The van der Waals surface area contributed by atoms with Crippen LogP contribution in [0.5, 0.6) is 0 Å². The maximum atomic E-state index is 11.3. The van der Waals surface area contributed by atoms with Crippen LogP contribution >= 0.6 is 11.3 Å². The van der Waals surface area contributed by atoms with Crippen molar-refractivity contribution in [1.29, 1.82) is 0 Å². The molecule has 0 aliphatic heterocycles. The lowest BCUT2D eigenvalue weighted by Crippen LogP contribution is -2.11. The topological polar surface area (TPSA) is 63.1 Å². The highest BCUT2D eigenvalue weighted by molar-refractivity contribution is 7.18. The summed E-state index contributed by atoms with van der Waals surface area (Å²) in [5, 5.41) is 10.2. The third-order valence-corrected chi connectivity index (χ3v) is 4.25. The van der Waals surface area contributed by atoms with Crippen molar-refractivity contribution in [1.82, 2.24) is 9.97 Å². The number of hydrogen-bond acceptors (Lipinski definition) is 4. The largest absolute Gasteiger partial charge is 0.478 e. The van der Waals surface area contributed by atoms with Crippen LogP contribution in [0.2, 0.25) is 0 Å². The highest BCUT2D eigenvalue weighted by atomic mass is 32.1. The van der Waals surface area contributed by atoms with E-state index in [1.54, 1.807) is 0 Å². The summed E-state index contributed by atoms with van der Waals surface area (Å²) in [4.78, 5) is 20.8. The predicted molar refractivity (Wildman–Crippen MR) is 65.7 cm³/mol. The molecule has 17 heavy (non-hydrogen) atoms. The van der Waals surface area contributed by atoms with Gasteiger partial charge in [0.05, 0.1) is 10.6 Å². The molecule has 2 heterocycles. The van der Waals surface area contributed by atoms with E-state index in [0.29, 0.717) is 5.56 Å². The monoisotopic (exact) mass is 248 g/mol. The summed E-state index contributed by atoms with van der Waals surface area (Å²) >= 11 is 1.52. The van der Waals surface area contributed by atoms with E-state index in [1.165, 1.54) is 17.5 Å². The van der Waals surface area contributed by atoms with Crippen LogP contribution in [0.15, 0.2) is 6.20 Å². The van der Waals surface area contributed by atoms with Gasteiger partial charge in [-0.05, 0) is 25.2 Å². The molecule has 1 saturated carbocycles. The fourth-order valence-corrected chi connectivity index (χ4v) is 2.96. The zero-order chi connectivity index (χ0) is 12.2. The Hall–Kier alpha value is -1.49. The molecule has 0 saturated heterocycles. The zero-order valence-corrected chi connectivity index (χ0v) is 10.5. The number of pyridine rings is 1. The third-order valence-electron chi connectivity index (χ3n) is 3.37. The van der Waals surface area contributed by atoms with Gasteiger partial charge in [-0.25, -0.2) is 14.8 Å². The Bertz CT molecular complexity index is 629. The molecule has 1 fully saturated rings. The van der Waals surface area contributed by atoms with E-state index in [0.717, 1.165) is 33.8 Å². The van der Waals surface area contributed by atoms with E-state index in [9.17, 15) is 9.90 Å². The number of thiazole rings is 1. The molecule has 4 nitrogen and oxygen atoms in total. The molecule has 5 heteroatoms. The van der Waals surface area contributed by atoms with Crippen molar-refractivity contribution < 1.29 is 9.90 Å². The number of hydrogen-bond donors (Lipinski definition) is 1. The number of fused-ring (bicyclic) bond motifs is 1. The summed E-state index contributed by atoms with van der Waals surface area (Å²) < 4.78 is 0. The predicted octanol–water partition coefficient (Wildman–Crippen LogP) is 2.75. The first-order chi connectivity index (χ1) is 8.01. The molecule has 1 aliphatic rings. The molecular weight excluding hydrogens is 236 g/mol. The van der Waals surface area contributed by atoms with Gasteiger partial charge in [-0.15, -0.1) is 0 Å². The Kier molecular flexibility index (Phi) is 2.04. The lowest BCUT2D eigenvalue weighted by atomic mass is 9.94. The van der Waals surface area contributed by atoms with Gasteiger partial charge < -0.3 is 5.11 Å². The summed E-state index contributed by atoms with van der Waals surface area (Å²) in [6, 6.07) is 0. The van der Waals surface area contributed by atoms with Gasteiger partial charge in [0.1, 0.15) is 10.3 Å². The van der Waals surface area contributed by atoms with Crippen LogP contribution < -0.4 is 0 Å². The van der Waals surface area contributed by atoms with E-state index in [-0.39, 0.29) is 5.41 Å². The molecule has 1 N–H and O–H groups in total. The average molecular weight is 248 g/mol. The van der Waals surface area contributed by atoms with Gasteiger partial charge in [-0.3, -0.25) is 0 Å². The van der Waals surface area contributed by atoms with Gasteiger partial charge in [0.15, 0.2) is 0 Å². The SMILES string of the molecule is Cc1nc2c(C3(C)CC3)c(C(=O)O)cnc2s1. The minimum absolute atomic E-state index is 0.0184. The van der Waals surface area contributed by atoms with Crippen molar-refractivity contribution in [2.75, 3.05) is 0 Å². The second-order valence-corrected chi connectivity index (χ2v) is 5.98. The quantitative estimate of drug-likeness (QED) is 0.887. The van der Waals surface area contributed by atoms with Crippen LogP contribution in [-0.2, 0) is 5.41 Å². The van der Waals surface area contributed by atoms with Crippen molar-refractivity contribution in [2.24, 2.45) is 0 Å². The molecule has 2 aromatic heterocycles. The van der Waals surface area contributed by atoms with Crippen LogP contribution in [0, 0.1) is 6.92 Å². The van der Waals surface area contributed by atoms with Crippen LogP contribution in [0.3, 0.4) is 0 Å². The molecule has 0 bridgehead atoms. The Morgan fingerprint density at radius 3 is 2.82 bits per heavy atom. The number of aryl methyl sites for hydroxylation is 1. The average Bonchev–Trinajstić information content (AvgIpc) is 2.88. The summed E-state index contributed by atoms with van der Waals surface area (Å²) in [6.45, 7) is 4.02. The molecule has 0 aromatic carbocycles. The van der Waals surface area contributed by atoms with Crippen LogP contribution in [-0.4, -0.2) is 21.0 Å². The fraction of sp³-hybridized carbons (Fsp3) is 0.417. The molecule has 2 aromatic rings. The second-order valence-electron chi connectivity index (χ2n) is 4.80. The number of carboxylic acid groups (broad SMARTS) is 1. The van der Waals surface area contributed by atoms with Crippen molar-refractivity contribution in [3.05, 3.63) is 22.3 Å². The Balaban J connectivity index is 2.38. The molecule has 0 unspecified atom stereocenters. The number of carboxylic acids is 1. The summed E-state index contributed by atoms with van der Waals surface area (Å²) in [5.41, 5.74) is 1.95. The Morgan fingerprint density at radius 2 is 2.24 bits per heavy atom. The van der Waals surface area contributed by atoms with Crippen LogP contribution in [0.1, 0.15) is 40.7 Å². The molecule has 0 atom stereocenters. The minimum Gasteiger partial charge on any atom is -0.478 e. The first-order valence-corrected chi connectivity index (χ1v) is 6.33. The van der Waals surface area contributed by atoms with Gasteiger partial charge in [0, 0.05) is 11.8 Å². The maximum Gasteiger partial charge on any atom is 0.337 e. The Morgan fingerprint density at radius 1 is 1.53 bits per heavy atom. The number of carbonyl (C=O) groups is 1. The minimum atomic E-state index is -0.909. The van der Waals surface area contributed by atoms with Gasteiger partial charge in [-0.1, -0.05) is 18.3 Å². The molecule has 1 aliphatic carbocycles. The van der Waals surface area contributed by atoms with Gasteiger partial charge in [0.25, 0.3) is 0 Å². The van der Waals surface area contributed by atoms with Gasteiger partial charge >= 0.3 is 5.97 Å². The molecular formula is C12H12N2O2S. The summed E-state index contributed by atoms with van der Waals surface area (Å²) in [5.74, 6) is -0.909. The fourth-order valence-electron chi connectivity index (χ4n) is 2.19. The first kappa shape index (κ1) is 10.7. The molecule has 0 amide bonds. The van der Waals surface area contributed by atoms with Gasteiger partial charge in [-0.2, -0.15) is 0 Å². The zero-order valence-electron chi connectivity index (χ0n) is 9.65. The van der Waals surface area contributed by atoms with Crippen LogP contribution in [0.4, 0.5) is 0 Å². The van der Waals surface area contributed by atoms with E-state index in [2.05, 4.69) is 16.9 Å². The molecule has 0 spiro atoms. The summed E-state index contributed by atoms with van der Waals surface area (Å²) in [6.07, 6.45) is 3.53. The number of aromatic carboxylic acids is 1. The number of nitrogens with zero attached hydrogens (tertiary/aromatic N) is 2. The molecule has 0 radical (unpaired) electrons. The lowest BCUT2D eigenvalue weighted by Gasteiger charge is -2.12. The highest BCUT2D eigenvalue weighted by Gasteiger charge is 2.43. The van der Waals surface area contributed by atoms with E-state index < -0.39 is 5.97 Å². The number of rotatable bonds is 2. The Labute approximate surface area is 102 Å². The van der Waals surface area contributed by atoms with E-state index >= 15 is 0 Å². The van der Waals surface area contributed by atoms with Gasteiger partial charge in [0.2, 0.25) is 0 Å². The standard InChI is InChI=1S/C12H12N2O2S/c1-6-14-9-8(12(2)3-4-12)7(11(15)16)5-13-10(9)17-6/h5H,3-4H2,1-2H3,(H,15,16). The maximum absolute atomic E-state index is 11.3. The highest BCUT2D eigenvalue weighted by Crippen LogP contribution is 2.51. The normalized spacial score (nSPS) is 17.3. The third kappa shape index (κ3) is 1.53. The van der Waals surface area contributed by atoms with E-state index in [4.69, 9.17) is 0 Å². The smallest absolute Gasteiger partial charge is 0.337 e. The lowest BCUT2D eigenvalue weighted by molar-refractivity contribution is 0.0694. The van der Waals surface area contributed by atoms with Crippen molar-refractivity contribution in [3.63, 3.8) is 0 Å². The number of aromatic nitrogens is 2. The molecule has 3 rings (SSSR count). The van der Waals surface area contributed by atoms with Crippen LogP contribution in [0.25, 0.3) is 10.3 Å².